The van der Waals surface area contributed by atoms with Crippen LogP contribution in [0.1, 0.15) is 40.9 Å². The van der Waals surface area contributed by atoms with E-state index in [2.05, 4.69) is 9.88 Å². The van der Waals surface area contributed by atoms with Gasteiger partial charge in [0.05, 0.1) is 10.9 Å². The molecule has 0 aliphatic carbocycles. The molecule has 1 aliphatic rings. The number of carbonyl (C=O) groups excluding carboxylic acids is 1. The van der Waals surface area contributed by atoms with E-state index in [0.29, 0.717) is 34.5 Å². The molecule has 0 spiro atoms. The number of carbonyl (C=O) groups is 3. The van der Waals surface area contributed by atoms with E-state index in [1.165, 1.54) is 30.3 Å². The Morgan fingerprint density at radius 2 is 1.43 bits per heavy atom. The fourth-order valence-electron chi connectivity index (χ4n) is 6.85. The zero-order chi connectivity index (χ0) is 43.9. The van der Waals surface area contributed by atoms with E-state index in [0.717, 1.165) is 55.3 Å². The van der Waals surface area contributed by atoms with Crippen molar-refractivity contribution in [3.8, 4) is 11.1 Å². The van der Waals surface area contributed by atoms with Gasteiger partial charge in [-0.1, -0.05) is 48.5 Å². The Morgan fingerprint density at radius 3 is 2.00 bits per heavy atom. The predicted molar refractivity (Wildman–Crippen MR) is 210 cm³/mol. The van der Waals surface area contributed by atoms with Crippen molar-refractivity contribution in [2.75, 3.05) is 20.1 Å². The van der Waals surface area contributed by atoms with Gasteiger partial charge in [0, 0.05) is 30.0 Å². The van der Waals surface area contributed by atoms with Crippen molar-refractivity contribution < 1.29 is 56.8 Å². The molecule has 0 unspecified atom stereocenters. The topological polar surface area (TPSA) is 174 Å². The molecule has 0 bridgehead atoms. The zero-order valence-electron chi connectivity index (χ0n) is 32.6. The fourth-order valence-corrected chi connectivity index (χ4v) is 6.85. The number of alkyl halides is 3. The number of nitrogens with zero attached hydrogens (tertiary/aromatic N) is 4. The molecule has 1 aliphatic heterocycles. The van der Waals surface area contributed by atoms with Crippen LogP contribution in [0.25, 0.3) is 22.2 Å². The van der Waals surface area contributed by atoms with Crippen LogP contribution in [0, 0.1) is 18.6 Å². The van der Waals surface area contributed by atoms with E-state index in [1.807, 2.05) is 36.2 Å². The Morgan fingerprint density at radius 1 is 0.850 bits per heavy atom. The first-order chi connectivity index (χ1) is 28.3. The highest BCUT2D eigenvalue weighted by Crippen LogP contribution is 2.31. The zero-order valence-corrected chi connectivity index (χ0v) is 32.6. The molecule has 1 fully saturated rings. The van der Waals surface area contributed by atoms with Crippen LogP contribution in [0.4, 0.5) is 22.0 Å². The first-order valence-electron chi connectivity index (χ1n) is 18.8. The third-order valence-electron chi connectivity index (χ3n) is 10.3. The molecule has 0 saturated carbocycles. The molecule has 3 heterocycles. The monoisotopic (exact) mass is 838 g/mol. The molecule has 12 nitrogen and oxygen atoms in total. The number of benzene rings is 3. The van der Waals surface area contributed by atoms with Crippen LogP contribution in [-0.4, -0.2) is 96.0 Å². The number of aromatic nitrogens is 2. The van der Waals surface area contributed by atoms with Crippen molar-refractivity contribution in [3.05, 3.63) is 135 Å². The number of carboxylic acid groups (broad SMARTS) is 2. The molecule has 6 rings (SSSR count). The van der Waals surface area contributed by atoms with Gasteiger partial charge in [0.1, 0.15) is 12.2 Å². The molecule has 318 valence electrons. The van der Waals surface area contributed by atoms with Crippen LogP contribution in [0.5, 0.6) is 0 Å². The summed E-state index contributed by atoms with van der Waals surface area (Å²) in [5, 5.41) is 32.9. The minimum atomic E-state index is -4.41. The number of aliphatic hydroxyl groups excluding tert-OH is 2. The van der Waals surface area contributed by atoms with Gasteiger partial charge in [-0.25, -0.2) is 23.4 Å². The summed E-state index contributed by atoms with van der Waals surface area (Å²) in [7, 11) is 2.04. The number of amides is 1. The lowest BCUT2D eigenvalue weighted by molar-refractivity contribution is -0.165. The maximum absolute atomic E-state index is 14.6. The summed E-state index contributed by atoms with van der Waals surface area (Å²) < 4.78 is 69.5. The number of aliphatic carboxylic acids is 2. The van der Waals surface area contributed by atoms with Gasteiger partial charge >= 0.3 is 18.1 Å². The number of hydrogen-bond donors (Lipinski definition) is 4. The van der Waals surface area contributed by atoms with E-state index < -0.39 is 47.5 Å². The van der Waals surface area contributed by atoms with Crippen LogP contribution in [0.15, 0.2) is 89.7 Å². The Kier molecular flexibility index (Phi) is 14.5. The molecule has 1 amide bonds. The van der Waals surface area contributed by atoms with Gasteiger partial charge in [-0.15, -0.1) is 0 Å². The van der Waals surface area contributed by atoms with E-state index >= 15 is 0 Å². The molecule has 1 saturated heterocycles. The van der Waals surface area contributed by atoms with Crippen molar-refractivity contribution in [1.82, 2.24) is 19.4 Å². The number of aryl methyl sites for hydroxylation is 3. The molecule has 60 heavy (non-hydrogen) atoms. The summed E-state index contributed by atoms with van der Waals surface area (Å²) in [6.45, 7) is 3.60. The highest BCUT2D eigenvalue weighted by molar-refractivity contribution is 5.83. The average molecular weight is 839 g/mol. The highest BCUT2D eigenvalue weighted by Gasteiger charge is 2.31. The lowest BCUT2D eigenvalue weighted by Gasteiger charge is -2.38. The van der Waals surface area contributed by atoms with E-state index in [9.17, 15) is 41.1 Å². The Balaban J connectivity index is 0.000000606. The maximum atomic E-state index is 14.6. The van der Waals surface area contributed by atoms with Crippen molar-refractivity contribution in [2.24, 2.45) is 0 Å². The number of piperidine rings is 1. The van der Waals surface area contributed by atoms with Gasteiger partial charge in [-0.2, -0.15) is 13.2 Å². The second kappa shape index (κ2) is 19.4. The van der Waals surface area contributed by atoms with Crippen LogP contribution in [0.2, 0.25) is 0 Å². The summed E-state index contributed by atoms with van der Waals surface area (Å²) in [4.78, 5) is 55.9. The summed E-state index contributed by atoms with van der Waals surface area (Å²) in [6, 6.07) is 21.2. The number of halogens is 5. The fraction of sp³-hybridized carbons (Fsp3) is 0.326. The number of likely N-dealkylation sites (tertiary alicyclic amines) is 1. The van der Waals surface area contributed by atoms with Crippen LogP contribution < -0.4 is 5.43 Å². The van der Waals surface area contributed by atoms with Gasteiger partial charge in [-0.05, 0) is 105 Å². The number of pyridine rings is 2. The molecule has 3 aromatic carbocycles. The first kappa shape index (κ1) is 45.1. The Bertz CT molecular complexity index is 2360. The van der Waals surface area contributed by atoms with Crippen LogP contribution in [-0.2, 0) is 46.5 Å². The van der Waals surface area contributed by atoms with E-state index in [1.54, 1.807) is 23.6 Å². The van der Waals surface area contributed by atoms with Crippen molar-refractivity contribution in [1.29, 1.82) is 0 Å². The van der Waals surface area contributed by atoms with Crippen molar-refractivity contribution in [3.63, 3.8) is 0 Å². The van der Waals surface area contributed by atoms with Gasteiger partial charge in [-0.3, -0.25) is 9.59 Å². The van der Waals surface area contributed by atoms with Gasteiger partial charge in [0.25, 0.3) is 0 Å². The lowest BCUT2D eigenvalue weighted by atomic mass is 10.00. The van der Waals surface area contributed by atoms with Crippen molar-refractivity contribution in [2.45, 2.75) is 70.1 Å². The summed E-state index contributed by atoms with van der Waals surface area (Å²) in [5.74, 6) is -5.61. The SMILES string of the molecule is Cc1ccc2c(=O)cc(CCc3cccc(F)c3F)n(CC(=O)N(Cc3ccc(-c4ccc(C(F)(F)F)cc4)cc3)C3CCN(C)CC3)c2n1.O=C(O)[C@H](O)[C@@H](O)C(=O)O. The molecule has 0 radical (unpaired) electrons. The van der Waals surface area contributed by atoms with Crippen LogP contribution in [0.3, 0.4) is 0 Å². The Hall–Kier alpha value is -6.04. The van der Waals surface area contributed by atoms with Crippen LogP contribution >= 0.6 is 0 Å². The van der Waals surface area contributed by atoms with E-state index in [4.69, 9.17) is 20.4 Å². The molecular formula is C43H43F5N4O8. The normalized spacial score (nSPS) is 14.6. The van der Waals surface area contributed by atoms with Gasteiger partial charge < -0.3 is 34.8 Å². The highest BCUT2D eigenvalue weighted by atomic mass is 19.4. The first-order valence-corrected chi connectivity index (χ1v) is 18.8. The second-order valence-electron chi connectivity index (χ2n) is 14.5. The van der Waals surface area contributed by atoms with Crippen molar-refractivity contribution >= 4 is 28.9 Å². The molecule has 2 atom stereocenters. The predicted octanol–water partition coefficient (Wildman–Crippen LogP) is 5.45. The quantitative estimate of drug-likeness (QED) is 0.118. The number of hydrogen-bond acceptors (Lipinski definition) is 8. The third kappa shape index (κ3) is 11.2. The molecule has 4 N–H and O–H groups in total. The largest absolute Gasteiger partial charge is 0.479 e. The third-order valence-corrected chi connectivity index (χ3v) is 10.3. The summed E-state index contributed by atoms with van der Waals surface area (Å²) in [6.07, 6.45) is -7.13. The lowest BCUT2D eigenvalue weighted by Crippen LogP contribution is -2.47. The molecule has 5 aromatic rings. The Labute approximate surface area is 340 Å². The van der Waals surface area contributed by atoms with Gasteiger partial charge in [0.2, 0.25) is 5.91 Å². The molecule has 2 aromatic heterocycles. The minimum absolute atomic E-state index is 0.0570. The minimum Gasteiger partial charge on any atom is -0.479 e. The van der Waals surface area contributed by atoms with Gasteiger partial charge in [0.15, 0.2) is 29.3 Å². The number of aliphatic hydroxyl groups is 2. The average Bonchev–Trinajstić information content (AvgIpc) is 3.21. The number of rotatable bonds is 12. The standard InChI is InChI=1S/C39H37F5N4O2.C4H6O6/c1-25-6-17-33-35(49)22-32(16-13-29-4-3-5-34(40)37(29)41)48(38(33)45-25)24-36(50)47(31-18-20-46(2)21-19-31)23-26-7-9-27(10-8-26)28-11-14-30(15-12-28)39(42,43)44;5-1(3(7)8)2(6)4(9)10/h3-12,14-15,17,22,31H,13,16,18-21,23-24H2,1-2H3;1-2,5-6H,(H,7,8)(H,9,10)/t;1-,2-/m.1/s1. The maximum Gasteiger partial charge on any atom is 0.416 e. The second-order valence-corrected chi connectivity index (χ2v) is 14.5. The molecule has 17 heteroatoms. The van der Waals surface area contributed by atoms with E-state index in [-0.39, 0.29) is 42.3 Å². The number of carboxylic acids is 2. The summed E-state index contributed by atoms with van der Waals surface area (Å²) in [5.41, 5.74) is 2.93. The summed E-state index contributed by atoms with van der Waals surface area (Å²) >= 11 is 0. The smallest absolute Gasteiger partial charge is 0.416 e. The molecular weight excluding hydrogens is 795 g/mol. The number of fused-ring (bicyclic) bond motifs is 1.